The van der Waals surface area contributed by atoms with Crippen molar-refractivity contribution < 1.29 is 27.8 Å². The number of anilines is 1. The molecule has 1 amide bonds. The molecule has 0 aliphatic carbocycles. The number of nitrogens with one attached hydrogen (secondary N) is 1. The van der Waals surface area contributed by atoms with Crippen LogP contribution < -0.4 is 10.1 Å². The molecule has 0 radical (unpaired) electrons. The van der Waals surface area contributed by atoms with E-state index >= 15 is 0 Å². The van der Waals surface area contributed by atoms with Crippen LogP contribution in [0.2, 0.25) is 0 Å². The third-order valence-electron chi connectivity index (χ3n) is 5.39. The van der Waals surface area contributed by atoms with Gasteiger partial charge in [0, 0.05) is 29.3 Å². The van der Waals surface area contributed by atoms with Crippen LogP contribution in [-0.2, 0) is 9.53 Å². The highest BCUT2D eigenvalue weighted by Gasteiger charge is 2.31. The molecule has 1 aliphatic rings. The normalized spacial score (nSPS) is 15.5. The van der Waals surface area contributed by atoms with Crippen LogP contribution in [0.25, 0.3) is 16.9 Å². The highest BCUT2D eigenvalue weighted by atomic mass is 32.2. The van der Waals surface area contributed by atoms with Crippen LogP contribution in [0.3, 0.4) is 0 Å². The summed E-state index contributed by atoms with van der Waals surface area (Å²) in [6.07, 6.45) is 8.25. The van der Waals surface area contributed by atoms with Crippen LogP contribution >= 0.6 is 11.8 Å². The van der Waals surface area contributed by atoms with Crippen molar-refractivity contribution in [1.29, 1.82) is 0 Å². The molecule has 0 saturated carbocycles. The number of fused-ring (bicyclic) bond motifs is 1. The summed E-state index contributed by atoms with van der Waals surface area (Å²) < 4.78 is 38.9. The van der Waals surface area contributed by atoms with Crippen molar-refractivity contribution in [2.45, 2.75) is 24.0 Å². The summed E-state index contributed by atoms with van der Waals surface area (Å²) in [5, 5.41) is 11.4. The monoisotopic (exact) mass is 500 g/mol. The zero-order valence-electron chi connectivity index (χ0n) is 18.2. The average Bonchev–Trinajstić information content (AvgIpc) is 3.57. The van der Waals surface area contributed by atoms with E-state index in [1.165, 1.54) is 45.6 Å². The van der Waals surface area contributed by atoms with Crippen molar-refractivity contribution in [2.75, 3.05) is 18.2 Å². The van der Waals surface area contributed by atoms with Crippen LogP contribution in [0, 0.1) is 0 Å². The molecule has 4 aromatic rings. The summed E-state index contributed by atoms with van der Waals surface area (Å²) in [5.41, 5.74) is 1.13. The first-order chi connectivity index (χ1) is 16.9. The highest BCUT2D eigenvalue weighted by Crippen LogP contribution is 2.38. The first kappa shape index (κ1) is 22.8. The van der Waals surface area contributed by atoms with Crippen LogP contribution in [0.15, 0.2) is 53.9 Å². The van der Waals surface area contributed by atoms with Gasteiger partial charge in [0.2, 0.25) is 0 Å². The topological polar surface area (TPSA) is 113 Å². The number of amides is 1. The maximum atomic E-state index is 13.2. The Morgan fingerprint density at radius 1 is 1.37 bits per heavy atom. The van der Waals surface area contributed by atoms with Crippen molar-refractivity contribution in [3.8, 4) is 17.0 Å². The van der Waals surface area contributed by atoms with Gasteiger partial charge in [0.15, 0.2) is 11.7 Å². The SMILES string of the molecule is CSc1ccc(OC(F)F)c(-c2nn(C3CCOC3=O)cc2NC(=O)c2cnn3cccnc23)c1. The predicted octanol–water partition coefficient (Wildman–Crippen LogP) is 3.66. The Hall–Kier alpha value is -4.00. The molecule has 3 aromatic heterocycles. The van der Waals surface area contributed by atoms with Crippen molar-refractivity contribution in [3.63, 3.8) is 0 Å². The van der Waals surface area contributed by atoms with Gasteiger partial charge in [-0.15, -0.1) is 11.8 Å². The Kier molecular flexibility index (Phi) is 6.07. The second kappa shape index (κ2) is 9.33. The van der Waals surface area contributed by atoms with E-state index in [9.17, 15) is 18.4 Å². The van der Waals surface area contributed by atoms with E-state index < -0.39 is 24.5 Å². The third kappa shape index (κ3) is 4.41. The smallest absolute Gasteiger partial charge is 0.387 e. The van der Waals surface area contributed by atoms with E-state index in [1.54, 1.807) is 24.4 Å². The van der Waals surface area contributed by atoms with E-state index in [2.05, 4.69) is 20.5 Å². The Morgan fingerprint density at radius 3 is 2.97 bits per heavy atom. The van der Waals surface area contributed by atoms with E-state index in [0.29, 0.717) is 12.1 Å². The summed E-state index contributed by atoms with van der Waals surface area (Å²) in [6, 6.07) is 5.65. The standard InChI is InChI=1S/C22H18F2N6O4S/c1-35-12-3-4-17(34-22(23)24)13(9-12)18-15(11-30(28-18)16-5-8-33-21(16)32)27-20(31)14-10-26-29-7-2-6-25-19(14)29/h2-4,6-7,9-11,16,22H,5,8H2,1H3,(H,27,31). The minimum absolute atomic E-state index is 0.120. The lowest BCUT2D eigenvalue weighted by atomic mass is 10.1. The fourth-order valence-corrected chi connectivity index (χ4v) is 4.20. The summed E-state index contributed by atoms with van der Waals surface area (Å²) >= 11 is 1.40. The molecule has 1 aliphatic heterocycles. The quantitative estimate of drug-likeness (QED) is 0.302. The Morgan fingerprint density at radius 2 is 2.23 bits per heavy atom. The minimum Gasteiger partial charge on any atom is -0.464 e. The molecule has 0 bridgehead atoms. The van der Waals surface area contributed by atoms with Gasteiger partial charge in [-0.2, -0.15) is 19.0 Å². The van der Waals surface area contributed by atoms with Gasteiger partial charge in [0.25, 0.3) is 5.91 Å². The van der Waals surface area contributed by atoms with Crippen molar-refractivity contribution in [1.82, 2.24) is 24.4 Å². The lowest BCUT2D eigenvalue weighted by molar-refractivity contribution is -0.140. The molecule has 1 unspecified atom stereocenters. The van der Waals surface area contributed by atoms with Gasteiger partial charge < -0.3 is 14.8 Å². The number of carbonyl (C=O) groups excluding carboxylic acids is 2. The fraction of sp³-hybridized carbons (Fsp3) is 0.227. The molecule has 1 aromatic carbocycles. The summed E-state index contributed by atoms with van der Waals surface area (Å²) in [4.78, 5) is 30.3. The first-order valence-electron chi connectivity index (χ1n) is 10.4. The summed E-state index contributed by atoms with van der Waals surface area (Å²) in [5.74, 6) is -1.12. The van der Waals surface area contributed by atoms with Gasteiger partial charge in [-0.05, 0) is 30.5 Å². The number of halogens is 2. The third-order valence-corrected chi connectivity index (χ3v) is 6.11. The second-order valence-electron chi connectivity index (χ2n) is 7.48. The summed E-state index contributed by atoms with van der Waals surface area (Å²) in [6.45, 7) is -2.83. The Bertz CT molecular complexity index is 1420. The number of benzene rings is 1. The number of aromatic nitrogens is 5. The lowest BCUT2D eigenvalue weighted by Gasteiger charge is -2.12. The first-order valence-corrected chi connectivity index (χ1v) is 11.7. The second-order valence-corrected chi connectivity index (χ2v) is 8.36. The van der Waals surface area contributed by atoms with Crippen molar-refractivity contribution in [2.24, 2.45) is 0 Å². The van der Waals surface area contributed by atoms with E-state index in [0.717, 1.165) is 4.90 Å². The zero-order chi connectivity index (χ0) is 24.5. The number of nitrogens with zero attached hydrogens (tertiary/aromatic N) is 5. The van der Waals surface area contributed by atoms with Crippen LogP contribution in [0.1, 0.15) is 22.8 Å². The lowest BCUT2D eigenvalue weighted by Crippen LogP contribution is -2.15. The molecule has 0 spiro atoms. The number of hydrogen-bond acceptors (Lipinski definition) is 8. The molecule has 1 atom stereocenters. The summed E-state index contributed by atoms with van der Waals surface area (Å²) in [7, 11) is 0. The largest absolute Gasteiger partial charge is 0.464 e. The van der Waals surface area contributed by atoms with Gasteiger partial charge in [0.1, 0.15) is 17.0 Å². The average molecular weight is 500 g/mol. The molecule has 4 heterocycles. The van der Waals surface area contributed by atoms with Gasteiger partial charge >= 0.3 is 12.6 Å². The Balaban J connectivity index is 1.60. The molecule has 10 nitrogen and oxygen atoms in total. The molecule has 180 valence electrons. The van der Waals surface area contributed by atoms with Crippen LogP contribution in [-0.4, -0.2) is 55.7 Å². The zero-order valence-corrected chi connectivity index (χ0v) is 19.0. The number of ether oxygens (including phenoxy) is 2. The maximum Gasteiger partial charge on any atom is 0.387 e. The van der Waals surface area contributed by atoms with Crippen LogP contribution in [0.4, 0.5) is 14.5 Å². The minimum atomic E-state index is -3.07. The van der Waals surface area contributed by atoms with Gasteiger partial charge in [-0.1, -0.05) is 0 Å². The van der Waals surface area contributed by atoms with E-state index in [1.807, 2.05) is 6.26 Å². The predicted molar refractivity (Wildman–Crippen MR) is 122 cm³/mol. The number of alkyl halides is 2. The van der Waals surface area contributed by atoms with Crippen LogP contribution in [0.5, 0.6) is 5.75 Å². The molecule has 1 saturated heterocycles. The van der Waals surface area contributed by atoms with E-state index in [-0.39, 0.29) is 34.9 Å². The van der Waals surface area contributed by atoms with E-state index in [4.69, 9.17) is 9.47 Å². The van der Waals surface area contributed by atoms with Gasteiger partial charge in [0.05, 0.1) is 24.7 Å². The molecular weight excluding hydrogens is 482 g/mol. The number of carbonyl (C=O) groups is 2. The number of hydrogen-bond donors (Lipinski definition) is 1. The molecule has 1 N–H and O–H groups in total. The number of cyclic esters (lactones) is 1. The van der Waals surface area contributed by atoms with Crippen molar-refractivity contribution >= 4 is 35.0 Å². The number of rotatable bonds is 7. The number of thioether (sulfide) groups is 1. The Labute approximate surface area is 201 Å². The number of esters is 1. The fourth-order valence-electron chi connectivity index (χ4n) is 3.76. The molecule has 1 fully saturated rings. The molecular formula is C22H18F2N6O4S. The molecule has 5 rings (SSSR count). The van der Waals surface area contributed by atoms with Gasteiger partial charge in [-0.25, -0.2) is 14.3 Å². The molecule has 13 heteroatoms. The highest BCUT2D eigenvalue weighted by molar-refractivity contribution is 7.98. The van der Waals surface area contributed by atoms with Gasteiger partial charge in [-0.3, -0.25) is 9.48 Å². The molecule has 35 heavy (non-hydrogen) atoms. The maximum absolute atomic E-state index is 13.2. The van der Waals surface area contributed by atoms with Crippen molar-refractivity contribution in [3.05, 3.63) is 54.6 Å².